The molecule has 0 spiro atoms. The van der Waals surface area contributed by atoms with E-state index in [1.807, 2.05) is 29.2 Å². The van der Waals surface area contributed by atoms with E-state index in [1.165, 1.54) is 12.1 Å². The van der Waals surface area contributed by atoms with Crippen LogP contribution in [0.25, 0.3) is 0 Å². The van der Waals surface area contributed by atoms with Crippen molar-refractivity contribution in [2.75, 3.05) is 31.6 Å². The van der Waals surface area contributed by atoms with Crippen LogP contribution in [0.3, 0.4) is 0 Å². The van der Waals surface area contributed by atoms with Crippen LogP contribution < -0.4 is 20.3 Å². The standard InChI is InChI=1S/C22H27FN4O2.HI/c1-24-22(25-13-3-15-29-20-11-7-18(23)8-12-20)26-16-17-5-9-19(10-6-17)27-14-2-4-21(27)28;/h5-12H,2-4,13-16H2,1H3,(H2,24,25,26);1H. The Morgan fingerprint density at radius 1 is 1.13 bits per heavy atom. The number of aliphatic imine (C=N–C) groups is 1. The van der Waals surface area contributed by atoms with Gasteiger partial charge in [0.05, 0.1) is 6.61 Å². The normalized spacial score (nSPS) is 13.7. The molecule has 2 aromatic rings. The smallest absolute Gasteiger partial charge is 0.227 e. The molecular weight excluding hydrogens is 498 g/mol. The molecule has 6 nitrogen and oxygen atoms in total. The Hall–Kier alpha value is -2.36. The minimum Gasteiger partial charge on any atom is -0.494 e. The molecule has 0 radical (unpaired) electrons. The van der Waals surface area contributed by atoms with E-state index in [-0.39, 0.29) is 35.7 Å². The second-order valence-corrected chi connectivity index (χ2v) is 6.82. The molecule has 0 atom stereocenters. The van der Waals surface area contributed by atoms with Crippen LogP contribution in [0.5, 0.6) is 5.75 Å². The third-order valence-corrected chi connectivity index (χ3v) is 4.70. The van der Waals surface area contributed by atoms with Crippen molar-refractivity contribution in [3.8, 4) is 5.75 Å². The van der Waals surface area contributed by atoms with Gasteiger partial charge in [0.25, 0.3) is 0 Å². The maximum atomic E-state index is 12.9. The van der Waals surface area contributed by atoms with Gasteiger partial charge in [0.1, 0.15) is 11.6 Å². The number of halogens is 2. The molecule has 1 heterocycles. The first-order valence-corrected chi connectivity index (χ1v) is 9.88. The number of carbonyl (C=O) groups is 1. The summed E-state index contributed by atoms with van der Waals surface area (Å²) in [5.41, 5.74) is 2.07. The van der Waals surface area contributed by atoms with Gasteiger partial charge in [-0.15, -0.1) is 24.0 Å². The van der Waals surface area contributed by atoms with E-state index in [4.69, 9.17) is 4.74 Å². The molecule has 1 amide bonds. The van der Waals surface area contributed by atoms with Crippen LogP contribution in [0, 0.1) is 5.82 Å². The summed E-state index contributed by atoms with van der Waals surface area (Å²) in [5, 5.41) is 6.52. The van der Waals surface area contributed by atoms with E-state index < -0.39 is 0 Å². The monoisotopic (exact) mass is 526 g/mol. The predicted octanol–water partition coefficient (Wildman–Crippen LogP) is 3.70. The van der Waals surface area contributed by atoms with E-state index in [2.05, 4.69) is 15.6 Å². The number of hydrogen-bond acceptors (Lipinski definition) is 3. The summed E-state index contributed by atoms with van der Waals surface area (Å²) in [7, 11) is 1.73. The van der Waals surface area contributed by atoms with Crippen molar-refractivity contribution in [1.29, 1.82) is 0 Å². The zero-order valence-corrected chi connectivity index (χ0v) is 19.4. The molecule has 162 valence electrons. The molecule has 0 aliphatic carbocycles. The average Bonchev–Trinajstić information content (AvgIpc) is 3.17. The number of ether oxygens (including phenoxy) is 1. The Labute approximate surface area is 193 Å². The van der Waals surface area contributed by atoms with Gasteiger partial charge < -0.3 is 20.3 Å². The number of benzene rings is 2. The molecule has 0 aromatic heterocycles. The van der Waals surface area contributed by atoms with E-state index in [0.717, 1.165) is 30.6 Å². The molecule has 1 fully saturated rings. The molecular formula is C22H28FIN4O2. The van der Waals surface area contributed by atoms with Gasteiger partial charge in [0.2, 0.25) is 5.91 Å². The molecule has 30 heavy (non-hydrogen) atoms. The number of nitrogens with one attached hydrogen (secondary N) is 2. The quantitative estimate of drug-likeness (QED) is 0.238. The highest BCUT2D eigenvalue weighted by molar-refractivity contribution is 14.0. The lowest BCUT2D eigenvalue weighted by Gasteiger charge is -2.16. The molecule has 1 aliphatic rings. The first kappa shape index (κ1) is 23.9. The van der Waals surface area contributed by atoms with Gasteiger partial charge in [-0.3, -0.25) is 9.79 Å². The van der Waals surface area contributed by atoms with E-state index >= 15 is 0 Å². The van der Waals surface area contributed by atoms with Crippen molar-refractivity contribution >= 4 is 41.5 Å². The topological polar surface area (TPSA) is 66.0 Å². The van der Waals surface area contributed by atoms with Crippen LogP contribution in [0.4, 0.5) is 10.1 Å². The Bertz CT molecular complexity index is 828. The minimum absolute atomic E-state index is 0. The summed E-state index contributed by atoms with van der Waals surface area (Å²) in [6, 6.07) is 14.0. The lowest BCUT2D eigenvalue weighted by molar-refractivity contribution is -0.117. The fourth-order valence-corrected chi connectivity index (χ4v) is 3.12. The lowest BCUT2D eigenvalue weighted by Crippen LogP contribution is -2.37. The number of rotatable bonds is 8. The molecule has 8 heteroatoms. The van der Waals surface area contributed by atoms with Crippen LogP contribution >= 0.6 is 24.0 Å². The van der Waals surface area contributed by atoms with Crippen LogP contribution in [0.15, 0.2) is 53.5 Å². The SMILES string of the molecule is CN=C(NCCCOc1ccc(F)cc1)NCc1ccc(N2CCCC2=O)cc1.I. The van der Waals surface area contributed by atoms with Gasteiger partial charge in [-0.25, -0.2) is 4.39 Å². The summed E-state index contributed by atoms with van der Waals surface area (Å²) >= 11 is 0. The summed E-state index contributed by atoms with van der Waals surface area (Å²) in [5.74, 6) is 1.30. The zero-order valence-electron chi connectivity index (χ0n) is 17.1. The molecule has 0 unspecified atom stereocenters. The molecule has 3 rings (SSSR count). The summed E-state index contributed by atoms with van der Waals surface area (Å²) in [6.07, 6.45) is 2.36. The van der Waals surface area contributed by atoms with Gasteiger partial charge in [-0.05, 0) is 54.8 Å². The highest BCUT2D eigenvalue weighted by Gasteiger charge is 2.21. The Morgan fingerprint density at radius 2 is 1.87 bits per heavy atom. The third kappa shape index (κ3) is 7.16. The van der Waals surface area contributed by atoms with Crippen molar-refractivity contribution in [3.63, 3.8) is 0 Å². The lowest BCUT2D eigenvalue weighted by atomic mass is 10.2. The molecule has 0 saturated carbocycles. The van der Waals surface area contributed by atoms with Gasteiger partial charge in [0, 0.05) is 38.8 Å². The van der Waals surface area contributed by atoms with Crippen molar-refractivity contribution < 1.29 is 13.9 Å². The summed E-state index contributed by atoms with van der Waals surface area (Å²) < 4.78 is 18.4. The highest BCUT2D eigenvalue weighted by atomic mass is 127. The predicted molar refractivity (Wildman–Crippen MR) is 128 cm³/mol. The van der Waals surface area contributed by atoms with E-state index in [9.17, 15) is 9.18 Å². The number of carbonyl (C=O) groups excluding carboxylic acids is 1. The van der Waals surface area contributed by atoms with Crippen LogP contribution in [0.1, 0.15) is 24.8 Å². The summed E-state index contributed by atoms with van der Waals surface area (Å²) in [4.78, 5) is 17.9. The Morgan fingerprint density at radius 3 is 2.50 bits per heavy atom. The second kappa shape index (κ2) is 12.4. The molecule has 2 N–H and O–H groups in total. The van der Waals surface area contributed by atoms with Crippen molar-refractivity contribution in [2.24, 2.45) is 4.99 Å². The Kier molecular flexibility index (Phi) is 9.85. The maximum Gasteiger partial charge on any atom is 0.227 e. The van der Waals surface area contributed by atoms with E-state index in [1.54, 1.807) is 19.2 Å². The van der Waals surface area contributed by atoms with Gasteiger partial charge >= 0.3 is 0 Å². The second-order valence-electron chi connectivity index (χ2n) is 6.82. The van der Waals surface area contributed by atoms with Crippen molar-refractivity contribution in [1.82, 2.24) is 10.6 Å². The van der Waals surface area contributed by atoms with Crippen LogP contribution in [-0.4, -0.2) is 38.6 Å². The number of guanidine groups is 1. The maximum absolute atomic E-state index is 12.9. The van der Waals surface area contributed by atoms with Crippen molar-refractivity contribution in [2.45, 2.75) is 25.8 Å². The average molecular weight is 526 g/mol. The number of hydrogen-bond donors (Lipinski definition) is 2. The third-order valence-electron chi connectivity index (χ3n) is 4.70. The number of amides is 1. The van der Waals surface area contributed by atoms with Gasteiger partial charge in [-0.1, -0.05) is 12.1 Å². The van der Waals surface area contributed by atoms with Crippen molar-refractivity contribution in [3.05, 3.63) is 59.9 Å². The van der Waals surface area contributed by atoms with E-state index in [0.29, 0.717) is 37.8 Å². The van der Waals surface area contributed by atoms with Crippen LogP contribution in [0.2, 0.25) is 0 Å². The molecule has 2 aromatic carbocycles. The Balaban J connectivity index is 0.00000320. The van der Waals surface area contributed by atoms with Gasteiger partial charge in [-0.2, -0.15) is 0 Å². The summed E-state index contributed by atoms with van der Waals surface area (Å²) in [6.45, 7) is 2.68. The van der Waals surface area contributed by atoms with Crippen LogP contribution in [-0.2, 0) is 11.3 Å². The molecule has 1 saturated heterocycles. The molecule has 1 aliphatic heterocycles. The first-order chi connectivity index (χ1) is 14.2. The zero-order chi connectivity index (χ0) is 20.5. The first-order valence-electron chi connectivity index (χ1n) is 9.88. The highest BCUT2D eigenvalue weighted by Crippen LogP contribution is 2.21. The minimum atomic E-state index is -0.270. The fourth-order valence-electron chi connectivity index (χ4n) is 3.12. The molecule has 0 bridgehead atoms. The number of anilines is 1. The largest absolute Gasteiger partial charge is 0.494 e. The fraction of sp³-hybridized carbons (Fsp3) is 0.364. The number of nitrogens with zero attached hydrogens (tertiary/aromatic N) is 2. The van der Waals surface area contributed by atoms with Gasteiger partial charge in [0.15, 0.2) is 5.96 Å².